The summed E-state index contributed by atoms with van der Waals surface area (Å²) < 4.78 is 1.68. The van der Waals surface area contributed by atoms with Gasteiger partial charge in [0.1, 0.15) is 5.56 Å². The average molecular weight is 263 g/mol. The number of amides is 1. The van der Waals surface area contributed by atoms with E-state index in [2.05, 4.69) is 5.32 Å². The second-order valence-corrected chi connectivity index (χ2v) is 5.20. The van der Waals surface area contributed by atoms with Crippen LogP contribution in [0.3, 0.4) is 0 Å². The van der Waals surface area contributed by atoms with Gasteiger partial charge in [0.15, 0.2) is 0 Å². The molecule has 1 aliphatic rings. The van der Waals surface area contributed by atoms with Crippen molar-refractivity contribution in [2.75, 3.05) is 26.2 Å². The molecule has 2 heterocycles. The number of hydrogen-bond donors (Lipinski definition) is 1. The third-order valence-electron chi connectivity index (χ3n) is 3.47. The minimum atomic E-state index is -0.182. The van der Waals surface area contributed by atoms with E-state index in [1.807, 2.05) is 26.8 Å². The summed E-state index contributed by atoms with van der Waals surface area (Å²) in [5.74, 6) is -0.152. The van der Waals surface area contributed by atoms with Gasteiger partial charge in [0, 0.05) is 37.9 Å². The zero-order valence-corrected chi connectivity index (χ0v) is 11.8. The highest BCUT2D eigenvalue weighted by Crippen LogP contribution is 2.08. The van der Waals surface area contributed by atoms with Gasteiger partial charge in [0.25, 0.3) is 11.5 Å². The SMILES string of the molecule is Cc1ccc(C(=O)N2CCNCC2)c(=O)n1C(C)C. The maximum Gasteiger partial charge on any atom is 0.263 e. The predicted octanol–water partition coefficient (Wildman–Crippen LogP) is 0.783. The van der Waals surface area contributed by atoms with Crippen LogP contribution in [-0.2, 0) is 0 Å². The van der Waals surface area contributed by atoms with Crippen molar-refractivity contribution in [3.63, 3.8) is 0 Å². The van der Waals surface area contributed by atoms with Crippen LogP contribution in [0.2, 0.25) is 0 Å². The third kappa shape index (κ3) is 2.71. The minimum Gasteiger partial charge on any atom is -0.336 e. The lowest BCUT2D eigenvalue weighted by Crippen LogP contribution is -2.48. The largest absolute Gasteiger partial charge is 0.336 e. The molecule has 0 aromatic carbocycles. The van der Waals surface area contributed by atoms with Gasteiger partial charge >= 0.3 is 0 Å². The number of nitrogens with one attached hydrogen (secondary N) is 1. The molecule has 1 aliphatic heterocycles. The smallest absolute Gasteiger partial charge is 0.263 e. The molecule has 2 rings (SSSR count). The Hall–Kier alpha value is -1.62. The highest BCUT2D eigenvalue weighted by Gasteiger charge is 2.22. The van der Waals surface area contributed by atoms with Crippen molar-refractivity contribution in [2.45, 2.75) is 26.8 Å². The van der Waals surface area contributed by atoms with Crippen molar-refractivity contribution < 1.29 is 4.79 Å². The normalized spacial score (nSPS) is 15.9. The zero-order valence-electron chi connectivity index (χ0n) is 11.8. The Morgan fingerprint density at radius 3 is 2.47 bits per heavy atom. The number of pyridine rings is 1. The molecule has 0 saturated carbocycles. The first-order valence-electron chi connectivity index (χ1n) is 6.74. The van der Waals surface area contributed by atoms with E-state index in [0.29, 0.717) is 13.1 Å². The number of piperazine rings is 1. The summed E-state index contributed by atoms with van der Waals surface area (Å²) in [4.78, 5) is 26.5. The molecule has 0 aliphatic carbocycles. The van der Waals surface area contributed by atoms with Crippen molar-refractivity contribution in [1.29, 1.82) is 0 Å². The maximum absolute atomic E-state index is 12.4. The first-order chi connectivity index (χ1) is 9.02. The molecule has 19 heavy (non-hydrogen) atoms. The molecule has 0 radical (unpaired) electrons. The van der Waals surface area contributed by atoms with Gasteiger partial charge in [0.05, 0.1) is 0 Å². The van der Waals surface area contributed by atoms with E-state index in [-0.39, 0.29) is 23.1 Å². The Kier molecular flexibility index (Phi) is 4.04. The number of carbonyl (C=O) groups excluding carboxylic acids is 1. The Balaban J connectivity index is 2.37. The van der Waals surface area contributed by atoms with Crippen molar-refractivity contribution in [2.24, 2.45) is 0 Å². The fourth-order valence-corrected chi connectivity index (χ4v) is 2.49. The molecule has 0 bridgehead atoms. The van der Waals surface area contributed by atoms with Gasteiger partial charge in [-0.25, -0.2) is 0 Å². The van der Waals surface area contributed by atoms with E-state index >= 15 is 0 Å². The van der Waals surface area contributed by atoms with Crippen LogP contribution >= 0.6 is 0 Å². The number of rotatable bonds is 2. The summed E-state index contributed by atoms with van der Waals surface area (Å²) in [7, 11) is 0. The molecular formula is C14H21N3O2. The molecule has 5 nitrogen and oxygen atoms in total. The minimum absolute atomic E-state index is 0.0586. The third-order valence-corrected chi connectivity index (χ3v) is 3.47. The lowest BCUT2D eigenvalue weighted by Gasteiger charge is -2.27. The number of aryl methyl sites for hydroxylation is 1. The molecular weight excluding hydrogens is 242 g/mol. The van der Waals surface area contributed by atoms with E-state index in [4.69, 9.17) is 0 Å². The maximum atomic E-state index is 12.4. The fraction of sp³-hybridized carbons (Fsp3) is 0.571. The van der Waals surface area contributed by atoms with E-state index in [1.165, 1.54) is 0 Å². The average Bonchev–Trinajstić information content (AvgIpc) is 2.39. The molecule has 104 valence electrons. The van der Waals surface area contributed by atoms with E-state index in [1.54, 1.807) is 15.5 Å². The second-order valence-electron chi connectivity index (χ2n) is 5.20. The molecule has 1 saturated heterocycles. The van der Waals surface area contributed by atoms with Gasteiger partial charge in [-0.05, 0) is 32.9 Å². The Bertz CT molecular complexity index is 528. The van der Waals surface area contributed by atoms with Gasteiger partial charge < -0.3 is 14.8 Å². The van der Waals surface area contributed by atoms with Gasteiger partial charge in [-0.2, -0.15) is 0 Å². The van der Waals surface area contributed by atoms with Crippen LogP contribution in [-0.4, -0.2) is 41.6 Å². The summed E-state index contributed by atoms with van der Waals surface area (Å²) in [6, 6.07) is 3.56. The van der Waals surface area contributed by atoms with Crippen LogP contribution in [0.15, 0.2) is 16.9 Å². The highest BCUT2D eigenvalue weighted by atomic mass is 16.2. The van der Waals surface area contributed by atoms with Crippen molar-refractivity contribution in [3.05, 3.63) is 33.7 Å². The van der Waals surface area contributed by atoms with Crippen LogP contribution in [0.4, 0.5) is 0 Å². The number of aromatic nitrogens is 1. The summed E-state index contributed by atoms with van der Waals surface area (Å²) in [6.07, 6.45) is 0. The van der Waals surface area contributed by atoms with Gasteiger partial charge in [0.2, 0.25) is 0 Å². The second kappa shape index (κ2) is 5.57. The van der Waals surface area contributed by atoms with E-state index in [0.717, 1.165) is 18.8 Å². The van der Waals surface area contributed by atoms with E-state index in [9.17, 15) is 9.59 Å². The Morgan fingerprint density at radius 2 is 1.89 bits per heavy atom. The molecule has 1 aromatic heterocycles. The van der Waals surface area contributed by atoms with Crippen LogP contribution in [0, 0.1) is 6.92 Å². The van der Waals surface area contributed by atoms with Crippen LogP contribution in [0.5, 0.6) is 0 Å². The first kappa shape index (κ1) is 13.8. The van der Waals surface area contributed by atoms with Crippen LogP contribution < -0.4 is 10.9 Å². The first-order valence-corrected chi connectivity index (χ1v) is 6.74. The van der Waals surface area contributed by atoms with Gasteiger partial charge in [-0.15, -0.1) is 0 Å². The monoisotopic (exact) mass is 263 g/mol. The fourth-order valence-electron chi connectivity index (χ4n) is 2.49. The predicted molar refractivity (Wildman–Crippen MR) is 74.6 cm³/mol. The molecule has 5 heteroatoms. The molecule has 0 unspecified atom stereocenters. The lowest BCUT2D eigenvalue weighted by atomic mass is 10.2. The lowest BCUT2D eigenvalue weighted by molar-refractivity contribution is 0.0733. The van der Waals surface area contributed by atoms with E-state index < -0.39 is 0 Å². The summed E-state index contributed by atoms with van der Waals surface area (Å²) in [5, 5.41) is 3.20. The molecule has 0 spiro atoms. The Labute approximate surface area is 113 Å². The molecule has 0 atom stereocenters. The van der Waals surface area contributed by atoms with Crippen molar-refractivity contribution in [1.82, 2.24) is 14.8 Å². The van der Waals surface area contributed by atoms with Crippen LogP contribution in [0.25, 0.3) is 0 Å². The summed E-state index contributed by atoms with van der Waals surface area (Å²) in [5.41, 5.74) is 0.983. The number of hydrogen-bond acceptors (Lipinski definition) is 3. The summed E-state index contributed by atoms with van der Waals surface area (Å²) >= 11 is 0. The molecule has 1 aromatic rings. The topological polar surface area (TPSA) is 54.3 Å². The molecule has 1 amide bonds. The van der Waals surface area contributed by atoms with Gasteiger partial charge in [-0.1, -0.05) is 0 Å². The van der Waals surface area contributed by atoms with Crippen LogP contribution in [0.1, 0.15) is 35.9 Å². The molecule has 1 fully saturated rings. The Morgan fingerprint density at radius 1 is 1.26 bits per heavy atom. The standard InChI is InChI=1S/C14H21N3O2/c1-10(2)17-11(3)4-5-12(14(17)19)13(18)16-8-6-15-7-9-16/h4-5,10,15H,6-9H2,1-3H3. The van der Waals surface area contributed by atoms with Gasteiger partial charge in [-0.3, -0.25) is 9.59 Å². The zero-order chi connectivity index (χ0) is 14.0. The quantitative estimate of drug-likeness (QED) is 0.858. The summed E-state index contributed by atoms with van der Waals surface area (Å²) in [6.45, 7) is 8.69. The number of carbonyl (C=O) groups is 1. The van der Waals surface area contributed by atoms with Crippen molar-refractivity contribution >= 4 is 5.91 Å². The highest BCUT2D eigenvalue weighted by molar-refractivity contribution is 5.94. The molecule has 1 N–H and O–H groups in total. The number of nitrogens with zero attached hydrogens (tertiary/aromatic N) is 2. The van der Waals surface area contributed by atoms with Crippen molar-refractivity contribution in [3.8, 4) is 0 Å².